The van der Waals surface area contributed by atoms with E-state index in [1.165, 1.54) is 19.3 Å². The van der Waals surface area contributed by atoms with Gasteiger partial charge in [-0.3, -0.25) is 0 Å². The first kappa shape index (κ1) is 10.6. The van der Waals surface area contributed by atoms with Crippen LogP contribution in [0.15, 0.2) is 6.33 Å². The van der Waals surface area contributed by atoms with Crippen molar-refractivity contribution in [2.45, 2.75) is 45.7 Å². The Morgan fingerprint density at radius 3 is 3.00 bits per heavy atom. The molecule has 1 heterocycles. The van der Waals surface area contributed by atoms with Crippen LogP contribution in [0.2, 0.25) is 0 Å². The highest BCUT2D eigenvalue weighted by Crippen LogP contribution is 2.31. The average molecular weight is 208 g/mol. The third-order valence-corrected chi connectivity index (χ3v) is 2.85. The van der Waals surface area contributed by atoms with Gasteiger partial charge in [0.1, 0.15) is 12.2 Å². The van der Waals surface area contributed by atoms with Gasteiger partial charge in [-0.25, -0.2) is 9.67 Å². The van der Waals surface area contributed by atoms with Gasteiger partial charge in [0.05, 0.1) is 6.54 Å². The van der Waals surface area contributed by atoms with Crippen LogP contribution in [0.4, 0.5) is 0 Å². The van der Waals surface area contributed by atoms with Crippen molar-refractivity contribution in [3.63, 3.8) is 0 Å². The summed E-state index contributed by atoms with van der Waals surface area (Å²) >= 11 is 0. The van der Waals surface area contributed by atoms with Crippen LogP contribution < -0.4 is 5.32 Å². The summed E-state index contributed by atoms with van der Waals surface area (Å²) in [6, 6.07) is 0.396. The minimum atomic E-state index is 0.396. The maximum Gasteiger partial charge on any atom is 0.141 e. The molecule has 15 heavy (non-hydrogen) atoms. The zero-order valence-corrected chi connectivity index (χ0v) is 9.61. The quantitative estimate of drug-likeness (QED) is 0.724. The third-order valence-electron chi connectivity index (χ3n) is 2.85. The molecule has 0 saturated heterocycles. The molecular formula is C11H20N4. The molecule has 1 aliphatic carbocycles. The average Bonchev–Trinajstić information content (AvgIpc) is 2.90. The van der Waals surface area contributed by atoms with E-state index in [-0.39, 0.29) is 0 Å². The molecule has 2 rings (SSSR count). The molecule has 4 nitrogen and oxygen atoms in total. The number of nitrogens with one attached hydrogen (secondary N) is 1. The summed E-state index contributed by atoms with van der Waals surface area (Å²) in [6.07, 6.45) is 5.82. The molecule has 1 aromatic rings. The van der Waals surface area contributed by atoms with Crippen molar-refractivity contribution < 1.29 is 0 Å². The van der Waals surface area contributed by atoms with Gasteiger partial charge in [-0.2, -0.15) is 5.10 Å². The Morgan fingerprint density at radius 1 is 1.53 bits per heavy atom. The number of hydrogen-bond acceptors (Lipinski definition) is 3. The van der Waals surface area contributed by atoms with Crippen LogP contribution in [0.5, 0.6) is 0 Å². The number of nitrogens with zero attached hydrogens (tertiary/aromatic N) is 3. The van der Waals surface area contributed by atoms with Gasteiger partial charge in [0.15, 0.2) is 0 Å². The first-order valence-corrected chi connectivity index (χ1v) is 5.86. The fraction of sp³-hybridized carbons (Fsp3) is 0.818. The van der Waals surface area contributed by atoms with E-state index in [2.05, 4.69) is 29.2 Å². The van der Waals surface area contributed by atoms with Crippen LogP contribution >= 0.6 is 0 Å². The lowest BCUT2D eigenvalue weighted by Gasteiger charge is -2.09. The van der Waals surface area contributed by atoms with Gasteiger partial charge >= 0.3 is 0 Å². The number of hydrogen-bond donors (Lipinski definition) is 1. The summed E-state index contributed by atoms with van der Waals surface area (Å²) in [6.45, 7) is 6.20. The molecule has 0 amide bonds. The summed E-state index contributed by atoms with van der Waals surface area (Å²) in [7, 11) is 0. The highest BCUT2D eigenvalue weighted by atomic mass is 15.3. The minimum Gasteiger partial charge on any atom is -0.310 e. The van der Waals surface area contributed by atoms with Crippen LogP contribution in [0.1, 0.15) is 45.0 Å². The van der Waals surface area contributed by atoms with Crippen LogP contribution in [-0.2, 0) is 6.54 Å². The topological polar surface area (TPSA) is 42.7 Å². The largest absolute Gasteiger partial charge is 0.310 e. The van der Waals surface area contributed by atoms with Gasteiger partial charge in [0.2, 0.25) is 0 Å². The Labute approximate surface area is 91.1 Å². The van der Waals surface area contributed by atoms with E-state index < -0.39 is 0 Å². The lowest BCUT2D eigenvalue weighted by Crippen LogP contribution is -2.19. The summed E-state index contributed by atoms with van der Waals surface area (Å²) in [5, 5.41) is 7.64. The molecule has 1 aliphatic rings. The van der Waals surface area contributed by atoms with Crippen LogP contribution in [0.25, 0.3) is 0 Å². The molecule has 1 aromatic heterocycles. The monoisotopic (exact) mass is 208 g/mol. The van der Waals surface area contributed by atoms with Crippen LogP contribution in [0.3, 0.4) is 0 Å². The fourth-order valence-electron chi connectivity index (χ4n) is 1.74. The second-order valence-electron chi connectivity index (χ2n) is 4.62. The first-order chi connectivity index (χ1) is 7.27. The third kappa shape index (κ3) is 3.02. The van der Waals surface area contributed by atoms with Gasteiger partial charge in [-0.1, -0.05) is 12.8 Å². The summed E-state index contributed by atoms with van der Waals surface area (Å²) < 4.78 is 1.98. The second kappa shape index (κ2) is 4.75. The number of rotatable bonds is 6. The molecule has 0 spiro atoms. The van der Waals surface area contributed by atoms with Gasteiger partial charge in [-0.15, -0.1) is 0 Å². The van der Waals surface area contributed by atoms with Gasteiger partial charge in [-0.05, 0) is 32.7 Å². The van der Waals surface area contributed by atoms with E-state index in [1.807, 2.05) is 4.68 Å². The first-order valence-electron chi connectivity index (χ1n) is 5.86. The molecule has 0 radical (unpaired) electrons. The van der Waals surface area contributed by atoms with Gasteiger partial charge in [0.25, 0.3) is 0 Å². The van der Waals surface area contributed by atoms with E-state index in [9.17, 15) is 0 Å². The molecule has 0 bridgehead atoms. The predicted molar refractivity (Wildman–Crippen MR) is 59.5 cm³/mol. The Bertz CT molecular complexity index is 301. The van der Waals surface area contributed by atoms with Crippen molar-refractivity contribution in [1.82, 2.24) is 20.1 Å². The molecule has 0 aliphatic heterocycles. The highest BCUT2D eigenvalue weighted by Gasteiger charge is 2.20. The summed E-state index contributed by atoms with van der Waals surface area (Å²) in [5.41, 5.74) is 0. The summed E-state index contributed by atoms with van der Waals surface area (Å²) in [4.78, 5) is 4.26. The fourth-order valence-corrected chi connectivity index (χ4v) is 1.74. The molecule has 4 heteroatoms. The lowest BCUT2D eigenvalue weighted by atomic mass is 10.3. The maximum atomic E-state index is 4.26. The zero-order chi connectivity index (χ0) is 10.7. The second-order valence-corrected chi connectivity index (χ2v) is 4.62. The molecule has 1 fully saturated rings. The van der Waals surface area contributed by atoms with Crippen molar-refractivity contribution in [3.05, 3.63) is 12.2 Å². The Balaban J connectivity index is 1.73. The van der Waals surface area contributed by atoms with Crippen LogP contribution in [0, 0.1) is 5.92 Å². The van der Waals surface area contributed by atoms with Gasteiger partial charge in [0, 0.05) is 6.04 Å². The molecule has 1 saturated carbocycles. The Hall–Kier alpha value is -0.900. The number of aromatic nitrogens is 3. The van der Waals surface area contributed by atoms with Crippen molar-refractivity contribution in [2.75, 3.05) is 6.54 Å². The van der Waals surface area contributed by atoms with E-state index in [0.29, 0.717) is 6.04 Å². The predicted octanol–water partition coefficient (Wildman–Crippen LogP) is 1.75. The molecular weight excluding hydrogens is 188 g/mol. The molecule has 84 valence electrons. The molecule has 0 atom stereocenters. The zero-order valence-electron chi connectivity index (χ0n) is 9.61. The van der Waals surface area contributed by atoms with E-state index in [4.69, 9.17) is 0 Å². The normalized spacial score (nSPS) is 16.2. The lowest BCUT2D eigenvalue weighted by molar-refractivity contribution is 0.486. The Morgan fingerprint density at radius 2 is 2.33 bits per heavy atom. The van der Waals surface area contributed by atoms with E-state index in [1.54, 1.807) is 6.33 Å². The highest BCUT2D eigenvalue weighted by molar-refractivity contribution is 4.86. The van der Waals surface area contributed by atoms with Crippen LogP contribution in [-0.4, -0.2) is 21.3 Å². The van der Waals surface area contributed by atoms with Gasteiger partial charge < -0.3 is 5.32 Å². The van der Waals surface area contributed by atoms with Crippen molar-refractivity contribution in [2.24, 2.45) is 5.92 Å². The van der Waals surface area contributed by atoms with E-state index in [0.717, 1.165) is 24.8 Å². The van der Waals surface area contributed by atoms with Crippen molar-refractivity contribution in [3.8, 4) is 0 Å². The maximum absolute atomic E-state index is 4.26. The minimum absolute atomic E-state index is 0.396. The van der Waals surface area contributed by atoms with Crippen molar-refractivity contribution in [1.29, 1.82) is 0 Å². The van der Waals surface area contributed by atoms with Crippen molar-refractivity contribution >= 4 is 0 Å². The Kier molecular flexibility index (Phi) is 3.36. The standard InChI is InChI=1S/C11H20N4/c1-9(2)15-11(13-8-14-15)7-12-6-5-10-3-4-10/h8-10,12H,3-7H2,1-2H3. The smallest absolute Gasteiger partial charge is 0.141 e. The summed E-state index contributed by atoms with van der Waals surface area (Å²) in [5.74, 6) is 2.04. The SMILES string of the molecule is CC(C)n1ncnc1CNCCC1CC1. The van der Waals surface area contributed by atoms with E-state index >= 15 is 0 Å². The molecule has 1 N–H and O–H groups in total. The molecule has 0 unspecified atom stereocenters. The molecule has 0 aromatic carbocycles.